The van der Waals surface area contributed by atoms with Crippen molar-refractivity contribution in [3.05, 3.63) is 0 Å². The highest BCUT2D eigenvalue weighted by Crippen LogP contribution is 2.69. The molecule has 0 radical (unpaired) electrons. The second-order valence-corrected chi connectivity index (χ2v) is 5.45. The Balaban J connectivity index is 2.47. The molecule has 1 N–H and O–H groups in total. The van der Waals surface area contributed by atoms with Crippen LogP contribution in [0.3, 0.4) is 0 Å². The topological polar surface area (TPSA) is 20.2 Å². The molecule has 0 saturated heterocycles. The first-order valence-corrected chi connectivity index (χ1v) is 5.43. The molecule has 0 spiro atoms. The lowest BCUT2D eigenvalue weighted by atomic mass is 10.0. The number of aliphatic hydroxyl groups is 1. The van der Waals surface area contributed by atoms with E-state index in [0.29, 0.717) is 5.92 Å². The highest BCUT2D eigenvalue weighted by Gasteiger charge is 2.66. The van der Waals surface area contributed by atoms with Gasteiger partial charge in [0.25, 0.3) is 0 Å². The second-order valence-electron chi connectivity index (χ2n) is 5.45. The van der Waals surface area contributed by atoms with Crippen LogP contribution in [0.25, 0.3) is 0 Å². The van der Waals surface area contributed by atoms with Crippen molar-refractivity contribution in [3.63, 3.8) is 0 Å². The summed E-state index contributed by atoms with van der Waals surface area (Å²) in [6.45, 7) is 10.8. The van der Waals surface area contributed by atoms with Crippen LogP contribution in [-0.2, 0) is 0 Å². The van der Waals surface area contributed by atoms with Crippen LogP contribution in [-0.4, -0.2) is 11.2 Å². The number of hydrogen-bond donors (Lipinski definition) is 1. The standard InChI is InChI=1S/C13H22O/c1-6-7-8-9-10(14)11-12(2,3)13(11,4)5/h10-11,14H,8-9H2,1-5H3. The first kappa shape index (κ1) is 11.6. The molecule has 0 amide bonds. The van der Waals surface area contributed by atoms with Gasteiger partial charge in [-0.2, -0.15) is 0 Å². The number of hydrogen-bond acceptors (Lipinski definition) is 1. The lowest BCUT2D eigenvalue weighted by molar-refractivity contribution is 0.121. The SMILES string of the molecule is CC#CCCC(O)C1C(C)(C)C1(C)C. The van der Waals surface area contributed by atoms with Gasteiger partial charge in [-0.05, 0) is 30.1 Å². The maximum atomic E-state index is 10.0. The van der Waals surface area contributed by atoms with Gasteiger partial charge < -0.3 is 5.11 Å². The fraction of sp³-hybridized carbons (Fsp3) is 0.846. The lowest BCUT2D eigenvalue weighted by Gasteiger charge is -2.10. The molecule has 1 aliphatic carbocycles. The van der Waals surface area contributed by atoms with Crippen molar-refractivity contribution >= 4 is 0 Å². The van der Waals surface area contributed by atoms with E-state index >= 15 is 0 Å². The Hall–Kier alpha value is -0.480. The van der Waals surface area contributed by atoms with Gasteiger partial charge in [0.15, 0.2) is 0 Å². The summed E-state index contributed by atoms with van der Waals surface area (Å²) in [4.78, 5) is 0. The summed E-state index contributed by atoms with van der Waals surface area (Å²) < 4.78 is 0. The molecule has 1 nitrogen and oxygen atoms in total. The molecule has 1 rings (SSSR count). The highest BCUT2D eigenvalue weighted by atomic mass is 16.3. The first-order chi connectivity index (χ1) is 6.35. The summed E-state index contributed by atoms with van der Waals surface area (Å²) in [5, 5.41) is 10.0. The predicted octanol–water partition coefficient (Wildman–Crippen LogP) is 2.83. The summed E-state index contributed by atoms with van der Waals surface area (Å²) in [6.07, 6.45) is 1.46. The predicted molar refractivity (Wildman–Crippen MR) is 59.7 cm³/mol. The minimum Gasteiger partial charge on any atom is -0.393 e. The van der Waals surface area contributed by atoms with Crippen LogP contribution < -0.4 is 0 Å². The van der Waals surface area contributed by atoms with Crippen molar-refractivity contribution < 1.29 is 5.11 Å². The quantitative estimate of drug-likeness (QED) is 0.685. The molecule has 0 aromatic rings. The number of aliphatic hydroxyl groups excluding tert-OH is 1. The molecule has 1 saturated carbocycles. The molecule has 0 heterocycles. The van der Waals surface area contributed by atoms with Crippen LogP contribution >= 0.6 is 0 Å². The van der Waals surface area contributed by atoms with Crippen LogP contribution in [0.5, 0.6) is 0 Å². The molecule has 1 heteroatoms. The Bertz CT molecular complexity index is 251. The largest absolute Gasteiger partial charge is 0.393 e. The summed E-state index contributed by atoms with van der Waals surface area (Å²) >= 11 is 0. The van der Waals surface area contributed by atoms with Gasteiger partial charge in [-0.25, -0.2) is 0 Å². The zero-order valence-corrected chi connectivity index (χ0v) is 10.0. The zero-order chi connectivity index (χ0) is 11.0. The Morgan fingerprint density at radius 1 is 1.21 bits per heavy atom. The van der Waals surface area contributed by atoms with Crippen LogP contribution in [0.1, 0.15) is 47.5 Å². The van der Waals surface area contributed by atoms with Gasteiger partial charge in [0.1, 0.15) is 0 Å². The molecule has 1 aliphatic rings. The van der Waals surface area contributed by atoms with E-state index in [9.17, 15) is 5.11 Å². The maximum Gasteiger partial charge on any atom is 0.0588 e. The Kier molecular flexibility index (Phi) is 2.97. The van der Waals surface area contributed by atoms with E-state index in [1.165, 1.54) is 0 Å². The first-order valence-electron chi connectivity index (χ1n) is 5.43. The van der Waals surface area contributed by atoms with Gasteiger partial charge in [-0.3, -0.25) is 0 Å². The zero-order valence-electron chi connectivity index (χ0n) is 10.0. The van der Waals surface area contributed by atoms with E-state index in [0.717, 1.165) is 12.8 Å². The smallest absolute Gasteiger partial charge is 0.0588 e. The monoisotopic (exact) mass is 194 g/mol. The summed E-state index contributed by atoms with van der Waals surface area (Å²) in [5.41, 5.74) is 0.568. The molecule has 80 valence electrons. The van der Waals surface area contributed by atoms with Crippen LogP contribution in [0, 0.1) is 28.6 Å². The van der Waals surface area contributed by atoms with E-state index in [-0.39, 0.29) is 16.9 Å². The van der Waals surface area contributed by atoms with E-state index in [1.807, 2.05) is 6.92 Å². The molecule has 0 bridgehead atoms. The van der Waals surface area contributed by atoms with Gasteiger partial charge in [0, 0.05) is 6.42 Å². The third-order valence-electron chi connectivity index (χ3n) is 4.26. The molecule has 0 aromatic heterocycles. The third-order valence-corrected chi connectivity index (χ3v) is 4.26. The highest BCUT2D eigenvalue weighted by molar-refractivity contribution is 5.15. The van der Waals surface area contributed by atoms with Crippen LogP contribution in [0.15, 0.2) is 0 Å². The molecule has 0 aliphatic heterocycles. The van der Waals surface area contributed by atoms with Crippen molar-refractivity contribution in [2.45, 2.75) is 53.6 Å². The van der Waals surface area contributed by atoms with Crippen LogP contribution in [0.2, 0.25) is 0 Å². The summed E-state index contributed by atoms with van der Waals surface area (Å²) in [5.74, 6) is 6.31. The molecule has 1 fully saturated rings. The van der Waals surface area contributed by atoms with Crippen molar-refractivity contribution in [2.24, 2.45) is 16.7 Å². The van der Waals surface area contributed by atoms with Gasteiger partial charge >= 0.3 is 0 Å². The van der Waals surface area contributed by atoms with Crippen molar-refractivity contribution in [1.29, 1.82) is 0 Å². The van der Waals surface area contributed by atoms with Crippen molar-refractivity contribution in [3.8, 4) is 11.8 Å². The minimum absolute atomic E-state index is 0.180. The van der Waals surface area contributed by atoms with E-state index < -0.39 is 0 Å². The summed E-state index contributed by atoms with van der Waals surface area (Å²) in [7, 11) is 0. The normalized spacial score (nSPS) is 25.0. The Morgan fingerprint density at radius 2 is 1.71 bits per heavy atom. The number of rotatable bonds is 3. The summed E-state index contributed by atoms with van der Waals surface area (Å²) in [6, 6.07) is 0. The van der Waals surface area contributed by atoms with Gasteiger partial charge in [-0.1, -0.05) is 27.7 Å². The van der Waals surface area contributed by atoms with E-state index in [1.54, 1.807) is 0 Å². The van der Waals surface area contributed by atoms with Gasteiger partial charge in [-0.15, -0.1) is 11.8 Å². The molecule has 0 aromatic carbocycles. The van der Waals surface area contributed by atoms with Gasteiger partial charge in [0.2, 0.25) is 0 Å². The second kappa shape index (κ2) is 3.59. The maximum absolute atomic E-state index is 10.0. The molecule has 1 unspecified atom stereocenters. The third kappa shape index (κ3) is 1.68. The van der Waals surface area contributed by atoms with Crippen molar-refractivity contribution in [1.82, 2.24) is 0 Å². The Labute approximate surface area is 87.9 Å². The van der Waals surface area contributed by atoms with Gasteiger partial charge in [0.05, 0.1) is 6.10 Å². The molecule has 1 atom stereocenters. The van der Waals surface area contributed by atoms with Crippen LogP contribution in [0.4, 0.5) is 0 Å². The Morgan fingerprint density at radius 3 is 2.07 bits per heavy atom. The van der Waals surface area contributed by atoms with Crippen molar-refractivity contribution in [2.75, 3.05) is 0 Å². The fourth-order valence-electron chi connectivity index (χ4n) is 2.72. The average Bonchev–Trinajstić information content (AvgIpc) is 2.43. The fourth-order valence-corrected chi connectivity index (χ4v) is 2.72. The van der Waals surface area contributed by atoms with E-state index in [4.69, 9.17) is 0 Å². The molecule has 14 heavy (non-hydrogen) atoms. The average molecular weight is 194 g/mol. The van der Waals surface area contributed by atoms with E-state index in [2.05, 4.69) is 39.5 Å². The minimum atomic E-state index is -0.180. The molecular weight excluding hydrogens is 172 g/mol. The molecular formula is C13H22O. The lowest BCUT2D eigenvalue weighted by Crippen LogP contribution is -2.13.